The predicted octanol–water partition coefficient (Wildman–Crippen LogP) is -2.15. The van der Waals surface area contributed by atoms with Crippen molar-refractivity contribution >= 4 is 15.9 Å². The van der Waals surface area contributed by atoms with Crippen molar-refractivity contribution < 1.29 is 22.4 Å². The molecule has 0 aliphatic heterocycles. The largest absolute Gasteiger partial charge is 0.748 e. The Bertz CT molecular complexity index is 416. The van der Waals surface area contributed by atoms with Crippen molar-refractivity contribution in [3.63, 3.8) is 0 Å². The fourth-order valence-electron chi connectivity index (χ4n) is 0.654. The number of tetrazole rings is 1. The van der Waals surface area contributed by atoms with E-state index in [1.54, 1.807) is 18.1 Å². The Morgan fingerprint density at radius 2 is 2.07 bits per heavy atom. The highest BCUT2D eigenvalue weighted by atomic mass is 32.2. The summed E-state index contributed by atoms with van der Waals surface area (Å²) in [5.74, 6) is 0.0745. The smallest absolute Gasteiger partial charge is 0.244 e. The Hall–Kier alpha value is -1.35. The van der Waals surface area contributed by atoms with E-state index in [1.165, 1.54) is 11.6 Å². The highest BCUT2D eigenvalue weighted by molar-refractivity contribution is 7.84. The number of ketones is 1. The Morgan fingerprint density at radius 1 is 1.60 bits per heavy atom. The lowest BCUT2D eigenvalue weighted by molar-refractivity contribution is -0.731. The van der Waals surface area contributed by atoms with E-state index in [-0.39, 0.29) is 5.78 Å². The quantitative estimate of drug-likeness (QED) is 0.428. The van der Waals surface area contributed by atoms with E-state index in [4.69, 9.17) is 13.0 Å². The average molecular weight is 236 g/mol. The molecule has 0 saturated heterocycles. The van der Waals surface area contributed by atoms with E-state index in [1.807, 2.05) is 0 Å². The van der Waals surface area contributed by atoms with Gasteiger partial charge in [-0.25, -0.2) is 8.42 Å². The molecule has 0 N–H and O–H groups in total. The molecule has 1 aromatic rings. The van der Waals surface area contributed by atoms with E-state index >= 15 is 0 Å². The molecule has 0 aromatic carbocycles. The summed E-state index contributed by atoms with van der Waals surface area (Å²) in [7, 11) is -2.16. The zero-order valence-electron chi connectivity index (χ0n) is 8.61. The molecule has 1 rings (SSSR count). The zero-order chi connectivity index (χ0) is 12.1. The number of hydrogen-bond acceptors (Lipinski definition) is 6. The van der Waals surface area contributed by atoms with Gasteiger partial charge in [0.2, 0.25) is 6.33 Å². The van der Waals surface area contributed by atoms with Crippen LogP contribution in [0.5, 0.6) is 0 Å². The third kappa shape index (κ3) is 10.6. The summed E-state index contributed by atoms with van der Waals surface area (Å²) < 4.78 is 30.3. The fourth-order valence-corrected chi connectivity index (χ4v) is 0.654. The predicted molar refractivity (Wildman–Crippen MR) is 47.5 cm³/mol. The van der Waals surface area contributed by atoms with Crippen LogP contribution < -0.4 is 4.68 Å². The van der Waals surface area contributed by atoms with Gasteiger partial charge in [-0.3, -0.25) is 4.79 Å². The van der Waals surface area contributed by atoms with Crippen LogP contribution in [0.1, 0.15) is 6.92 Å². The molecule has 0 aliphatic rings. The Morgan fingerprint density at radius 3 is 2.33 bits per heavy atom. The van der Waals surface area contributed by atoms with Gasteiger partial charge in [0.05, 0.1) is 17.2 Å². The zero-order valence-corrected chi connectivity index (χ0v) is 9.43. The molecule has 8 nitrogen and oxygen atoms in total. The van der Waals surface area contributed by atoms with Gasteiger partial charge in [-0.2, -0.15) is 0 Å². The van der Waals surface area contributed by atoms with Gasteiger partial charge >= 0.3 is 0 Å². The number of hydrogen-bond donors (Lipinski definition) is 0. The van der Waals surface area contributed by atoms with Crippen molar-refractivity contribution in [2.24, 2.45) is 7.05 Å². The molecule has 1 aromatic heterocycles. The molecule has 0 amide bonds. The van der Waals surface area contributed by atoms with Gasteiger partial charge in [-0.15, -0.1) is 4.68 Å². The summed E-state index contributed by atoms with van der Waals surface area (Å²) in [5, 5.41) is 7.31. The fraction of sp³-hybridized carbons (Fsp3) is 0.667. The summed E-state index contributed by atoms with van der Waals surface area (Å²) >= 11 is 0. The third-order valence-electron chi connectivity index (χ3n) is 0.981. The molecule has 0 saturated carbocycles. The highest BCUT2D eigenvalue weighted by Gasteiger charge is 2.05. The lowest BCUT2D eigenvalue weighted by Crippen LogP contribution is -2.29. The van der Waals surface area contributed by atoms with Crippen LogP contribution >= 0.6 is 0 Å². The summed E-state index contributed by atoms with van der Waals surface area (Å²) in [6.07, 6.45) is 2.26. The maximum absolute atomic E-state index is 10.5. The number of aromatic nitrogens is 4. The minimum Gasteiger partial charge on any atom is -0.748 e. The number of rotatable bonds is 2. The van der Waals surface area contributed by atoms with Gasteiger partial charge in [-0.05, 0) is 6.92 Å². The lowest BCUT2D eigenvalue weighted by atomic mass is 10.5. The lowest BCUT2D eigenvalue weighted by Gasteiger charge is -1.90. The van der Waals surface area contributed by atoms with Crippen LogP contribution in [0.15, 0.2) is 6.33 Å². The van der Waals surface area contributed by atoms with Gasteiger partial charge < -0.3 is 4.55 Å². The molecule has 9 heteroatoms. The topological polar surface area (TPSA) is 109 Å². The number of carbonyl (C=O) groups excluding carboxylic acids is 1. The first-order valence-corrected chi connectivity index (χ1v) is 5.66. The van der Waals surface area contributed by atoms with Crippen molar-refractivity contribution in [1.82, 2.24) is 15.1 Å². The molecule has 0 unspecified atom stereocenters. The molecular weight excluding hydrogens is 224 g/mol. The maximum atomic E-state index is 10.5. The van der Waals surface area contributed by atoms with E-state index in [0.717, 1.165) is 0 Å². The van der Waals surface area contributed by atoms with Crippen LogP contribution in [0.3, 0.4) is 0 Å². The second-order valence-electron chi connectivity index (χ2n) is 2.87. The van der Waals surface area contributed by atoms with E-state index in [0.29, 0.717) is 12.8 Å². The molecule has 0 bridgehead atoms. The van der Waals surface area contributed by atoms with Crippen molar-refractivity contribution in [2.45, 2.75) is 13.5 Å². The molecule has 0 radical (unpaired) electrons. The van der Waals surface area contributed by atoms with E-state index in [9.17, 15) is 4.79 Å². The second-order valence-corrected chi connectivity index (χ2v) is 4.28. The summed E-state index contributed by atoms with van der Waals surface area (Å²) in [6, 6.07) is 0. The minimum absolute atomic E-state index is 0.0745. The van der Waals surface area contributed by atoms with Gasteiger partial charge in [0, 0.05) is 6.26 Å². The second kappa shape index (κ2) is 5.51. The van der Waals surface area contributed by atoms with E-state index in [2.05, 4.69) is 10.4 Å². The molecule has 0 aliphatic carbocycles. The average Bonchev–Trinajstić information content (AvgIpc) is 2.29. The number of Topliss-reactive ketones (excluding diaryl/α,β-unsaturated/α-hetero) is 1. The first-order valence-electron chi connectivity index (χ1n) is 3.85. The molecule has 0 spiro atoms. The molecule has 15 heavy (non-hydrogen) atoms. The molecule has 1 heterocycles. The number of aryl methyl sites for hydroxylation is 1. The summed E-state index contributed by atoms with van der Waals surface area (Å²) in [4.78, 5) is 10.5. The van der Waals surface area contributed by atoms with Gasteiger partial charge in [0.1, 0.15) is 5.21 Å². The van der Waals surface area contributed by atoms with Crippen molar-refractivity contribution in [3.05, 3.63) is 6.33 Å². The van der Waals surface area contributed by atoms with Gasteiger partial charge in [0.15, 0.2) is 17.5 Å². The van der Waals surface area contributed by atoms with E-state index < -0.39 is 10.1 Å². The highest BCUT2D eigenvalue weighted by Crippen LogP contribution is 1.76. The third-order valence-corrected chi connectivity index (χ3v) is 0.981. The Kier molecular flexibility index (Phi) is 5.02. The van der Waals surface area contributed by atoms with Crippen LogP contribution in [-0.4, -0.2) is 40.1 Å². The van der Waals surface area contributed by atoms with Gasteiger partial charge in [-0.1, -0.05) is 4.68 Å². The van der Waals surface area contributed by atoms with Crippen molar-refractivity contribution in [2.75, 3.05) is 6.26 Å². The van der Waals surface area contributed by atoms with Crippen LogP contribution in [0, 0.1) is 0 Å². The standard InChI is InChI=1S/C5H9N4O.CH4O3S/c1-5(10)3-9-4-8(2)6-7-9;1-5(2,3)4/h4H,3H2,1-2H3;1H3,(H,2,3,4)/q+1;/p-1. The molecular formula is C6H12N4O4S. The van der Waals surface area contributed by atoms with Crippen LogP contribution in [-0.2, 0) is 28.5 Å². The Labute approximate surface area is 87.2 Å². The van der Waals surface area contributed by atoms with Crippen LogP contribution in [0.4, 0.5) is 0 Å². The normalized spacial score (nSPS) is 10.4. The summed E-state index contributed by atoms with van der Waals surface area (Å²) in [6.45, 7) is 1.82. The molecule has 86 valence electrons. The SMILES string of the molecule is CC(=O)Cn1c[n+](C)nn1.CS(=O)(=O)[O-]. The molecule has 0 fully saturated rings. The number of carbonyl (C=O) groups is 1. The first-order chi connectivity index (χ1) is 6.68. The monoisotopic (exact) mass is 236 g/mol. The summed E-state index contributed by atoms with van der Waals surface area (Å²) in [5.41, 5.74) is 0. The number of nitrogens with zero attached hydrogens (tertiary/aromatic N) is 4. The van der Waals surface area contributed by atoms with Crippen molar-refractivity contribution in [1.29, 1.82) is 0 Å². The minimum atomic E-state index is -3.92. The van der Waals surface area contributed by atoms with Gasteiger partial charge in [0.25, 0.3) is 0 Å². The van der Waals surface area contributed by atoms with Crippen LogP contribution in [0.2, 0.25) is 0 Å². The first kappa shape index (κ1) is 13.7. The van der Waals surface area contributed by atoms with Crippen molar-refractivity contribution in [3.8, 4) is 0 Å². The van der Waals surface area contributed by atoms with Crippen LogP contribution in [0.25, 0.3) is 0 Å². The Balaban J connectivity index is 0.000000336. The maximum Gasteiger partial charge on any atom is 0.244 e. The molecule has 0 atom stereocenters.